The monoisotopic (exact) mass is 354 g/mol. The van der Waals surface area contributed by atoms with Crippen LogP contribution in [0.2, 0.25) is 30.2 Å². The van der Waals surface area contributed by atoms with Crippen molar-refractivity contribution in [2.24, 2.45) is 17.8 Å². The lowest BCUT2D eigenvalue weighted by atomic mass is 10.2. The summed E-state index contributed by atoms with van der Waals surface area (Å²) < 4.78 is 2.92. The molecule has 0 rings (SSSR count). The van der Waals surface area contributed by atoms with Crippen molar-refractivity contribution < 1.29 is 0 Å². The maximum atomic E-state index is 2.39. The third kappa shape index (κ3) is 16.3. The smallest absolute Gasteiger partial charge is 0.0915 e. The van der Waals surface area contributed by atoms with Crippen molar-refractivity contribution in [3.8, 4) is 0 Å². The van der Waals surface area contributed by atoms with E-state index in [1.54, 1.807) is 15.8 Å². The molecule has 0 saturated heterocycles. The second-order valence-corrected chi connectivity index (χ2v) is 18.4. The van der Waals surface area contributed by atoms with Gasteiger partial charge in [-0.25, -0.2) is 0 Å². The lowest BCUT2D eigenvalue weighted by molar-refractivity contribution is 0.659. The molecule has 0 aliphatic rings. The number of hydrogen-bond acceptors (Lipinski definition) is 0. The summed E-state index contributed by atoms with van der Waals surface area (Å²) in [5.74, 6) is 2.78. The van der Waals surface area contributed by atoms with Crippen LogP contribution in [0, 0.1) is 17.8 Å². The number of rotatable bonds is 9. The minimum Gasteiger partial charge on any atom is -0.0915 e. The Morgan fingerprint density at radius 3 is 0.739 bits per heavy atom. The molecule has 0 atom stereocenters. The van der Waals surface area contributed by atoms with Crippen molar-refractivity contribution in [3.63, 3.8) is 0 Å². The highest BCUT2D eigenvalue weighted by atomic mass is 27.2. The van der Waals surface area contributed by atoms with Gasteiger partial charge in [-0.2, -0.15) is 0 Å². The van der Waals surface area contributed by atoms with Crippen molar-refractivity contribution in [3.05, 3.63) is 0 Å². The van der Waals surface area contributed by atoms with Crippen molar-refractivity contribution in [2.75, 3.05) is 0 Å². The second-order valence-electron chi connectivity index (χ2n) is 10.1. The fourth-order valence-corrected chi connectivity index (χ4v) is 13.8. The average molecular weight is 355 g/mol. The zero-order valence-electron chi connectivity index (χ0n) is 18.7. The van der Waals surface area contributed by atoms with Gasteiger partial charge in [0.15, 0.2) is 0 Å². The van der Waals surface area contributed by atoms with Gasteiger partial charge in [0.05, 0.1) is 0 Å². The molecule has 2 heteroatoms. The van der Waals surface area contributed by atoms with Gasteiger partial charge in [-0.1, -0.05) is 131 Å². The Morgan fingerprint density at radius 1 is 0.435 bits per heavy atom. The van der Waals surface area contributed by atoms with Crippen molar-refractivity contribution in [1.29, 1.82) is 0 Å². The maximum Gasteiger partial charge on any atom is 0.270 e. The lowest BCUT2D eigenvalue weighted by Gasteiger charge is -2.22. The Kier molecular flexibility index (Phi) is 16.3. The van der Waals surface area contributed by atoms with Crippen LogP contribution in [0.3, 0.4) is 0 Å². The molecule has 0 aliphatic heterocycles. The van der Waals surface area contributed by atoms with Crippen LogP contribution in [0.15, 0.2) is 0 Å². The molecule has 0 fully saturated rings. The number of hydrogen-bond donors (Lipinski definition) is 0. The summed E-state index contributed by atoms with van der Waals surface area (Å²) in [6, 6.07) is 0. The summed E-state index contributed by atoms with van der Waals surface area (Å²) in [6.07, 6.45) is 0. The summed E-state index contributed by atoms with van der Waals surface area (Å²) >= 11 is -0.861. The van der Waals surface area contributed by atoms with Gasteiger partial charge in [0.2, 0.25) is 0 Å². The van der Waals surface area contributed by atoms with Crippen molar-refractivity contribution >= 4 is 28.3 Å². The van der Waals surface area contributed by atoms with Gasteiger partial charge in [-0.3, -0.25) is 0 Å². The summed E-state index contributed by atoms with van der Waals surface area (Å²) in [7, 11) is 0. The normalized spacial score (nSPS) is 11.7. The van der Waals surface area contributed by atoms with Crippen LogP contribution in [-0.4, -0.2) is 28.3 Å². The second kappa shape index (κ2) is 14.3. The standard InChI is InChI=1S/3C4H9.3C3H7.2Al/c3*1-4(2)3;3*1-3-2;;/h3*4H,1H2,2-3H3;3*3H,1-2H3;;. The van der Waals surface area contributed by atoms with E-state index in [0.717, 1.165) is 32.1 Å². The molecule has 0 aromatic carbocycles. The van der Waals surface area contributed by atoms with Gasteiger partial charge >= 0.3 is 0 Å². The SMILES string of the molecule is CC(C)[CH2][Al]([CH2]C(C)C)[CH2]C(C)C.C[CH](C)[Al]([CH](C)C)[CH](C)C. The Morgan fingerprint density at radius 2 is 0.652 bits per heavy atom. The van der Waals surface area contributed by atoms with Crippen molar-refractivity contribution in [2.45, 2.75) is 113 Å². The van der Waals surface area contributed by atoms with Crippen LogP contribution in [0.25, 0.3) is 0 Å². The highest BCUT2D eigenvalue weighted by Crippen LogP contribution is 2.29. The van der Waals surface area contributed by atoms with E-state index in [1.165, 1.54) is 0 Å². The molecule has 0 aliphatic carbocycles. The third-order valence-corrected chi connectivity index (χ3v) is 14.2. The predicted molar refractivity (Wildman–Crippen MR) is 116 cm³/mol. The average Bonchev–Trinajstić information content (AvgIpc) is 2.23. The molecule has 0 amide bonds. The molecule has 0 heterocycles. The minimum atomic E-state index is -0.454. The third-order valence-electron chi connectivity index (χ3n) is 4.72. The van der Waals surface area contributed by atoms with Crippen LogP contribution in [-0.2, 0) is 0 Å². The first-order valence-corrected chi connectivity index (χ1v) is 14.8. The molecule has 23 heavy (non-hydrogen) atoms. The van der Waals surface area contributed by atoms with E-state index < -0.39 is 28.3 Å². The fourth-order valence-electron chi connectivity index (χ4n) is 4.60. The first kappa shape index (κ1) is 26.3. The van der Waals surface area contributed by atoms with Gasteiger partial charge in [-0.15, -0.1) is 0 Å². The van der Waals surface area contributed by atoms with Gasteiger partial charge in [-0.05, 0) is 0 Å². The molecule has 0 spiro atoms. The molecule has 0 radical (unpaired) electrons. The quantitative estimate of drug-likeness (QED) is 0.366. The first-order valence-electron chi connectivity index (χ1n) is 10.4. The van der Waals surface area contributed by atoms with Crippen LogP contribution in [0.5, 0.6) is 0 Å². The van der Waals surface area contributed by atoms with E-state index >= 15 is 0 Å². The molecule has 138 valence electrons. The molecule has 0 bridgehead atoms. The molecule has 0 aromatic heterocycles. The zero-order valence-corrected chi connectivity index (χ0v) is 21.0. The van der Waals surface area contributed by atoms with E-state index in [9.17, 15) is 0 Å². The molecule has 0 nitrogen and oxygen atoms in total. The largest absolute Gasteiger partial charge is 0.270 e. The summed E-state index contributed by atoms with van der Waals surface area (Å²) in [5, 5.41) is 4.66. The van der Waals surface area contributed by atoms with Gasteiger partial charge in [0.1, 0.15) is 0 Å². The molecule has 0 aromatic rings. The van der Waals surface area contributed by atoms with E-state index in [1.807, 2.05) is 0 Å². The topological polar surface area (TPSA) is 0 Å². The van der Waals surface area contributed by atoms with E-state index in [4.69, 9.17) is 0 Å². The predicted octanol–water partition coefficient (Wildman–Crippen LogP) is 8.16. The highest BCUT2D eigenvalue weighted by molar-refractivity contribution is 6.63. The Balaban J connectivity index is 0. The lowest BCUT2D eigenvalue weighted by Crippen LogP contribution is -2.24. The van der Waals surface area contributed by atoms with Crippen LogP contribution >= 0.6 is 0 Å². The zero-order chi connectivity index (χ0) is 18.7. The van der Waals surface area contributed by atoms with Gasteiger partial charge in [0.25, 0.3) is 28.3 Å². The summed E-state index contributed by atoms with van der Waals surface area (Å²) in [6.45, 7) is 28.6. The van der Waals surface area contributed by atoms with Crippen LogP contribution < -0.4 is 0 Å². The van der Waals surface area contributed by atoms with Crippen LogP contribution in [0.4, 0.5) is 0 Å². The Bertz CT molecular complexity index is 212. The first-order chi connectivity index (χ1) is 10.4. The molecule has 0 unspecified atom stereocenters. The Hall–Kier alpha value is 1.06. The molecule has 0 saturated carbocycles. The van der Waals surface area contributed by atoms with E-state index in [-0.39, 0.29) is 0 Å². The summed E-state index contributed by atoms with van der Waals surface area (Å²) in [4.78, 5) is 0. The minimum absolute atomic E-state index is 0.407. The van der Waals surface area contributed by atoms with E-state index in [2.05, 4.69) is 83.1 Å². The van der Waals surface area contributed by atoms with Gasteiger partial charge < -0.3 is 0 Å². The molecule has 0 N–H and O–H groups in total. The molecular weight excluding hydrogens is 306 g/mol. The summed E-state index contributed by atoms with van der Waals surface area (Å²) in [5.41, 5.74) is 0. The highest BCUT2D eigenvalue weighted by Gasteiger charge is 2.27. The van der Waals surface area contributed by atoms with E-state index in [0.29, 0.717) is 0 Å². The Labute approximate surface area is 159 Å². The maximum absolute atomic E-state index is 2.39. The van der Waals surface area contributed by atoms with Gasteiger partial charge in [0, 0.05) is 0 Å². The molecular formula is C21H48Al2. The van der Waals surface area contributed by atoms with Crippen molar-refractivity contribution in [1.82, 2.24) is 0 Å². The van der Waals surface area contributed by atoms with Crippen LogP contribution in [0.1, 0.15) is 83.1 Å². The fraction of sp³-hybridized carbons (Fsp3) is 1.00.